The van der Waals surface area contributed by atoms with E-state index in [1.807, 2.05) is 12.1 Å². The molecule has 2 bridgehead atoms. The lowest BCUT2D eigenvalue weighted by Crippen LogP contribution is -2.51. The lowest BCUT2D eigenvalue weighted by atomic mass is 9.92. The molecule has 1 aromatic rings. The van der Waals surface area contributed by atoms with E-state index in [9.17, 15) is 4.79 Å². The van der Waals surface area contributed by atoms with E-state index in [2.05, 4.69) is 34.9 Å². The fourth-order valence-corrected chi connectivity index (χ4v) is 4.56. The van der Waals surface area contributed by atoms with Gasteiger partial charge in [0.2, 0.25) is 5.91 Å². The maximum Gasteiger partial charge on any atom is 0.226 e. The Morgan fingerprint density at radius 1 is 1.13 bits per heavy atom. The predicted molar refractivity (Wildman–Crippen MR) is 93.8 cm³/mol. The molecular weight excluding hydrogens is 308 g/mol. The largest absolute Gasteiger partial charge is 0.368 e. The normalized spacial score (nSPS) is 29.4. The second-order valence-electron chi connectivity index (χ2n) is 7.13. The number of benzene rings is 1. The molecule has 1 heterocycles. The number of hydrogen-bond acceptors (Lipinski definition) is 2. The summed E-state index contributed by atoms with van der Waals surface area (Å²) in [5.74, 6) is 1.78. The van der Waals surface area contributed by atoms with E-state index in [0.29, 0.717) is 17.7 Å². The van der Waals surface area contributed by atoms with Gasteiger partial charge in [0.15, 0.2) is 0 Å². The summed E-state index contributed by atoms with van der Waals surface area (Å²) in [5.41, 5.74) is 2.44. The number of carbonyl (C=O) groups excluding carboxylic acids is 1. The molecule has 1 saturated heterocycles. The van der Waals surface area contributed by atoms with E-state index >= 15 is 0 Å². The standard InChI is InChI=1S/C19H23ClN2O/c1-13-2-5-16(20)12-18(13)21-6-8-22(9-7-21)19(23)17-11-14-3-4-15(17)10-14/h2-5,12,14-15,17H,6-11H2,1H3/t14-,15+,17+/m1/s1. The maximum atomic E-state index is 12.8. The highest BCUT2D eigenvalue weighted by molar-refractivity contribution is 6.30. The molecule has 3 atom stereocenters. The smallest absolute Gasteiger partial charge is 0.226 e. The molecular formula is C19H23ClN2O. The number of anilines is 1. The van der Waals surface area contributed by atoms with Crippen molar-refractivity contribution >= 4 is 23.2 Å². The van der Waals surface area contributed by atoms with Crippen molar-refractivity contribution in [2.24, 2.45) is 17.8 Å². The first-order valence-corrected chi connectivity index (χ1v) is 8.98. The number of aryl methyl sites for hydroxylation is 1. The summed E-state index contributed by atoms with van der Waals surface area (Å²) in [4.78, 5) is 17.2. The van der Waals surface area contributed by atoms with Gasteiger partial charge in [-0.3, -0.25) is 4.79 Å². The second kappa shape index (κ2) is 5.86. The highest BCUT2D eigenvalue weighted by Gasteiger charge is 2.41. The molecule has 0 aromatic heterocycles. The zero-order valence-corrected chi connectivity index (χ0v) is 14.3. The van der Waals surface area contributed by atoms with Crippen molar-refractivity contribution in [1.29, 1.82) is 0 Å². The maximum absolute atomic E-state index is 12.8. The van der Waals surface area contributed by atoms with Crippen molar-refractivity contribution in [2.45, 2.75) is 19.8 Å². The number of halogens is 1. The summed E-state index contributed by atoms with van der Waals surface area (Å²) >= 11 is 6.14. The van der Waals surface area contributed by atoms with Crippen LogP contribution in [0.5, 0.6) is 0 Å². The summed E-state index contributed by atoms with van der Waals surface area (Å²) in [6.07, 6.45) is 6.82. The van der Waals surface area contributed by atoms with Crippen LogP contribution in [0.1, 0.15) is 18.4 Å². The van der Waals surface area contributed by atoms with Crippen molar-refractivity contribution in [1.82, 2.24) is 4.90 Å². The topological polar surface area (TPSA) is 23.6 Å². The first-order valence-electron chi connectivity index (χ1n) is 8.60. The predicted octanol–water partition coefficient (Wildman–Crippen LogP) is 3.51. The Hall–Kier alpha value is -1.48. The molecule has 1 aliphatic heterocycles. The van der Waals surface area contributed by atoms with E-state index in [1.165, 1.54) is 17.7 Å². The van der Waals surface area contributed by atoms with Crippen LogP contribution in [0, 0.1) is 24.7 Å². The van der Waals surface area contributed by atoms with Crippen LogP contribution < -0.4 is 4.90 Å². The molecule has 0 unspecified atom stereocenters. The number of amides is 1. The fraction of sp³-hybridized carbons (Fsp3) is 0.526. The Labute approximate surface area is 142 Å². The lowest BCUT2D eigenvalue weighted by molar-refractivity contribution is -0.136. The van der Waals surface area contributed by atoms with Gasteiger partial charge in [-0.15, -0.1) is 0 Å². The first-order chi connectivity index (χ1) is 11.1. The molecule has 3 aliphatic rings. The van der Waals surface area contributed by atoms with Gasteiger partial charge in [0.1, 0.15) is 0 Å². The van der Waals surface area contributed by atoms with Gasteiger partial charge in [0.25, 0.3) is 0 Å². The van der Waals surface area contributed by atoms with Crippen molar-refractivity contribution in [3.63, 3.8) is 0 Å². The average molecular weight is 331 g/mol. The molecule has 0 spiro atoms. The zero-order valence-electron chi connectivity index (χ0n) is 13.5. The summed E-state index contributed by atoms with van der Waals surface area (Å²) in [6.45, 7) is 5.54. The van der Waals surface area contributed by atoms with Gasteiger partial charge in [0, 0.05) is 42.8 Å². The third kappa shape index (κ3) is 2.76. The molecule has 122 valence electrons. The first kappa shape index (κ1) is 15.1. The molecule has 23 heavy (non-hydrogen) atoms. The third-order valence-electron chi connectivity index (χ3n) is 5.70. The number of rotatable bonds is 2. The molecule has 4 rings (SSSR count). The number of allylic oxidation sites excluding steroid dienone is 2. The van der Waals surface area contributed by atoms with Crippen molar-refractivity contribution < 1.29 is 4.79 Å². The second-order valence-corrected chi connectivity index (χ2v) is 7.57. The minimum absolute atomic E-state index is 0.240. The Balaban J connectivity index is 1.40. The van der Waals surface area contributed by atoms with E-state index in [4.69, 9.17) is 11.6 Å². The quantitative estimate of drug-likeness (QED) is 0.775. The molecule has 1 amide bonds. The SMILES string of the molecule is Cc1ccc(Cl)cc1N1CCN(C(=O)[C@H]2C[C@@H]3C=C[C@H]2C3)CC1. The summed E-state index contributed by atoms with van der Waals surface area (Å²) in [5, 5.41) is 0.776. The van der Waals surface area contributed by atoms with E-state index < -0.39 is 0 Å². The van der Waals surface area contributed by atoms with Crippen LogP contribution in [-0.4, -0.2) is 37.0 Å². The van der Waals surface area contributed by atoms with Crippen LogP contribution in [0.4, 0.5) is 5.69 Å². The Morgan fingerprint density at radius 2 is 1.91 bits per heavy atom. The van der Waals surface area contributed by atoms with Gasteiger partial charge < -0.3 is 9.80 Å². The molecule has 3 nitrogen and oxygen atoms in total. The van der Waals surface area contributed by atoms with Gasteiger partial charge in [-0.25, -0.2) is 0 Å². The molecule has 2 aliphatic carbocycles. The minimum Gasteiger partial charge on any atom is -0.368 e. The van der Waals surface area contributed by atoms with Crippen LogP contribution in [0.3, 0.4) is 0 Å². The van der Waals surface area contributed by atoms with Crippen LogP contribution in [0.25, 0.3) is 0 Å². The van der Waals surface area contributed by atoms with E-state index in [1.54, 1.807) is 0 Å². The highest BCUT2D eigenvalue weighted by Crippen LogP contribution is 2.44. The fourth-order valence-electron chi connectivity index (χ4n) is 4.39. The van der Waals surface area contributed by atoms with Crippen LogP contribution >= 0.6 is 11.6 Å². The third-order valence-corrected chi connectivity index (χ3v) is 5.93. The van der Waals surface area contributed by atoms with Gasteiger partial charge >= 0.3 is 0 Å². The van der Waals surface area contributed by atoms with Gasteiger partial charge in [0.05, 0.1) is 0 Å². The van der Waals surface area contributed by atoms with Gasteiger partial charge in [-0.2, -0.15) is 0 Å². The van der Waals surface area contributed by atoms with Crippen LogP contribution in [0.2, 0.25) is 5.02 Å². The van der Waals surface area contributed by atoms with Crippen LogP contribution in [0.15, 0.2) is 30.4 Å². The monoisotopic (exact) mass is 330 g/mol. The van der Waals surface area contributed by atoms with Gasteiger partial charge in [-0.1, -0.05) is 29.8 Å². The average Bonchev–Trinajstić information content (AvgIpc) is 3.20. The molecule has 1 saturated carbocycles. The Morgan fingerprint density at radius 3 is 2.57 bits per heavy atom. The Kier molecular flexibility index (Phi) is 3.84. The summed E-state index contributed by atoms with van der Waals surface area (Å²) in [7, 11) is 0. The van der Waals surface area contributed by atoms with Gasteiger partial charge in [-0.05, 0) is 49.3 Å². The van der Waals surface area contributed by atoms with E-state index in [0.717, 1.165) is 37.6 Å². The molecule has 0 N–H and O–H groups in total. The minimum atomic E-state index is 0.240. The summed E-state index contributed by atoms with van der Waals surface area (Å²) < 4.78 is 0. The molecule has 2 fully saturated rings. The number of hydrogen-bond donors (Lipinski definition) is 0. The number of carbonyl (C=O) groups is 1. The molecule has 1 aromatic carbocycles. The van der Waals surface area contributed by atoms with Crippen molar-refractivity contribution in [2.75, 3.05) is 31.1 Å². The number of nitrogens with zero attached hydrogens (tertiary/aromatic N) is 2. The highest BCUT2D eigenvalue weighted by atomic mass is 35.5. The van der Waals surface area contributed by atoms with Crippen molar-refractivity contribution in [3.05, 3.63) is 40.9 Å². The lowest BCUT2D eigenvalue weighted by Gasteiger charge is -2.38. The molecule has 4 heteroatoms. The zero-order chi connectivity index (χ0) is 16.0. The Bertz CT molecular complexity index is 649. The number of fused-ring (bicyclic) bond motifs is 2. The van der Waals surface area contributed by atoms with E-state index in [-0.39, 0.29) is 5.92 Å². The molecule has 0 radical (unpaired) electrons. The van der Waals surface area contributed by atoms with Crippen molar-refractivity contribution in [3.8, 4) is 0 Å². The summed E-state index contributed by atoms with van der Waals surface area (Å²) in [6, 6.07) is 6.04. The van der Waals surface area contributed by atoms with Crippen LogP contribution in [-0.2, 0) is 4.79 Å². The number of piperazine rings is 1.